The molecular formula is C8H14N2OS. The molecule has 1 aromatic heterocycles. The summed E-state index contributed by atoms with van der Waals surface area (Å²) in [5.41, 5.74) is 0. The van der Waals surface area contributed by atoms with Crippen LogP contribution >= 0.6 is 11.3 Å². The van der Waals surface area contributed by atoms with Crippen LogP contribution in [0.4, 0.5) is 5.13 Å². The van der Waals surface area contributed by atoms with Crippen molar-refractivity contribution >= 4 is 16.5 Å². The van der Waals surface area contributed by atoms with Crippen LogP contribution in [-0.4, -0.2) is 23.7 Å². The number of aliphatic hydroxyl groups is 1. The largest absolute Gasteiger partial charge is 0.388 e. The van der Waals surface area contributed by atoms with Crippen LogP contribution in [0.3, 0.4) is 0 Å². The van der Waals surface area contributed by atoms with Gasteiger partial charge in [0.15, 0.2) is 5.13 Å². The molecule has 0 fully saturated rings. The molecule has 0 radical (unpaired) electrons. The van der Waals surface area contributed by atoms with Gasteiger partial charge in [0.25, 0.3) is 0 Å². The molecule has 1 unspecified atom stereocenters. The first kappa shape index (κ1) is 9.48. The summed E-state index contributed by atoms with van der Waals surface area (Å²) in [6, 6.07) is 0. The number of hydrogen-bond donors (Lipinski definition) is 1. The van der Waals surface area contributed by atoms with Gasteiger partial charge in [-0.3, -0.25) is 0 Å². The van der Waals surface area contributed by atoms with Gasteiger partial charge in [-0.25, -0.2) is 4.98 Å². The van der Waals surface area contributed by atoms with E-state index in [4.69, 9.17) is 0 Å². The average Bonchev–Trinajstić information content (AvgIpc) is 2.51. The van der Waals surface area contributed by atoms with Crippen LogP contribution < -0.4 is 4.90 Å². The lowest BCUT2D eigenvalue weighted by Crippen LogP contribution is -2.14. The molecule has 0 saturated heterocycles. The van der Waals surface area contributed by atoms with Crippen LogP contribution in [0, 0.1) is 0 Å². The minimum absolute atomic E-state index is 0.401. The van der Waals surface area contributed by atoms with Crippen molar-refractivity contribution in [3.05, 3.63) is 11.1 Å². The summed E-state index contributed by atoms with van der Waals surface area (Å²) >= 11 is 1.54. The highest BCUT2D eigenvalue weighted by Gasteiger charge is 2.08. The maximum absolute atomic E-state index is 9.24. The monoisotopic (exact) mass is 186 g/mol. The van der Waals surface area contributed by atoms with Crippen molar-refractivity contribution in [3.63, 3.8) is 0 Å². The van der Waals surface area contributed by atoms with Gasteiger partial charge in [-0.2, -0.15) is 0 Å². The summed E-state index contributed by atoms with van der Waals surface area (Å²) in [6.07, 6.45) is 1.33. The zero-order valence-corrected chi connectivity index (χ0v) is 8.43. The standard InChI is InChI=1S/C8H14N2OS/c1-4-10(3)8-9-5-7(12-8)6(2)11/h5-6,11H,4H2,1-3H3. The van der Waals surface area contributed by atoms with Crippen molar-refractivity contribution in [2.45, 2.75) is 20.0 Å². The quantitative estimate of drug-likeness (QED) is 0.779. The van der Waals surface area contributed by atoms with Gasteiger partial charge in [-0.1, -0.05) is 11.3 Å². The zero-order valence-electron chi connectivity index (χ0n) is 7.61. The lowest BCUT2D eigenvalue weighted by atomic mass is 10.4. The maximum Gasteiger partial charge on any atom is 0.185 e. The van der Waals surface area contributed by atoms with Crippen LogP contribution in [0.1, 0.15) is 24.8 Å². The lowest BCUT2D eigenvalue weighted by Gasteiger charge is -2.11. The van der Waals surface area contributed by atoms with Gasteiger partial charge in [0.05, 0.1) is 11.0 Å². The number of rotatable bonds is 3. The molecule has 0 aliphatic rings. The Kier molecular flexibility index (Phi) is 3.05. The van der Waals surface area contributed by atoms with E-state index in [0.29, 0.717) is 0 Å². The predicted octanol–water partition coefficient (Wildman–Crippen LogP) is 1.65. The highest BCUT2D eigenvalue weighted by atomic mass is 32.1. The first-order chi connectivity index (χ1) is 5.65. The van der Waals surface area contributed by atoms with Gasteiger partial charge in [-0.15, -0.1) is 0 Å². The van der Waals surface area contributed by atoms with Crippen molar-refractivity contribution in [1.29, 1.82) is 0 Å². The third-order valence-corrected chi connectivity index (χ3v) is 3.01. The second-order valence-electron chi connectivity index (χ2n) is 2.74. The topological polar surface area (TPSA) is 36.4 Å². The molecule has 12 heavy (non-hydrogen) atoms. The van der Waals surface area contributed by atoms with Gasteiger partial charge >= 0.3 is 0 Å². The average molecular weight is 186 g/mol. The summed E-state index contributed by atoms with van der Waals surface area (Å²) in [6.45, 7) is 4.76. The Labute approximate surface area is 76.7 Å². The van der Waals surface area contributed by atoms with E-state index >= 15 is 0 Å². The van der Waals surface area contributed by atoms with E-state index in [2.05, 4.69) is 16.8 Å². The SMILES string of the molecule is CCN(C)c1ncc(C(C)O)s1. The number of thiazole rings is 1. The number of aromatic nitrogens is 1. The molecular weight excluding hydrogens is 172 g/mol. The molecule has 0 saturated carbocycles. The normalized spacial score (nSPS) is 13.0. The molecule has 0 aliphatic heterocycles. The summed E-state index contributed by atoms with van der Waals surface area (Å²) in [7, 11) is 1.99. The molecule has 0 aliphatic carbocycles. The van der Waals surface area contributed by atoms with Crippen LogP contribution in [0.5, 0.6) is 0 Å². The summed E-state index contributed by atoms with van der Waals surface area (Å²) in [4.78, 5) is 7.17. The second-order valence-corrected chi connectivity index (χ2v) is 3.78. The van der Waals surface area contributed by atoms with Crippen molar-refractivity contribution in [2.24, 2.45) is 0 Å². The van der Waals surface area contributed by atoms with Crippen LogP contribution in [-0.2, 0) is 0 Å². The molecule has 0 amide bonds. The third kappa shape index (κ3) is 1.95. The van der Waals surface area contributed by atoms with Gasteiger partial charge in [-0.05, 0) is 13.8 Å². The van der Waals surface area contributed by atoms with Crippen molar-refractivity contribution < 1.29 is 5.11 Å². The van der Waals surface area contributed by atoms with Crippen molar-refractivity contribution in [2.75, 3.05) is 18.5 Å². The van der Waals surface area contributed by atoms with Gasteiger partial charge in [0.1, 0.15) is 0 Å². The third-order valence-electron chi connectivity index (χ3n) is 1.72. The molecule has 1 N–H and O–H groups in total. The fourth-order valence-electron chi connectivity index (χ4n) is 0.782. The van der Waals surface area contributed by atoms with Crippen molar-refractivity contribution in [3.8, 4) is 0 Å². The van der Waals surface area contributed by atoms with Crippen LogP contribution in [0.2, 0.25) is 0 Å². The molecule has 1 atom stereocenters. The molecule has 1 rings (SSSR count). The van der Waals surface area contributed by atoms with E-state index < -0.39 is 6.10 Å². The number of aliphatic hydroxyl groups excluding tert-OH is 1. The van der Waals surface area contributed by atoms with Gasteiger partial charge < -0.3 is 10.0 Å². The first-order valence-electron chi connectivity index (χ1n) is 4.00. The van der Waals surface area contributed by atoms with E-state index in [0.717, 1.165) is 16.6 Å². The highest BCUT2D eigenvalue weighted by molar-refractivity contribution is 7.15. The molecule has 0 bridgehead atoms. The molecule has 4 heteroatoms. The molecule has 3 nitrogen and oxygen atoms in total. The molecule has 0 spiro atoms. The number of hydrogen-bond acceptors (Lipinski definition) is 4. The smallest absolute Gasteiger partial charge is 0.185 e. The van der Waals surface area contributed by atoms with Gasteiger partial charge in [0, 0.05) is 19.8 Å². The Morgan fingerprint density at radius 2 is 2.42 bits per heavy atom. The number of anilines is 1. The summed E-state index contributed by atoms with van der Waals surface area (Å²) < 4.78 is 0. The second kappa shape index (κ2) is 3.87. The Bertz CT molecular complexity index is 247. The zero-order chi connectivity index (χ0) is 9.14. The summed E-state index contributed by atoms with van der Waals surface area (Å²) in [5.74, 6) is 0. The Morgan fingerprint density at radius 1 is 1.75 bits per heavy atom. The fourth-order valence-corrected chi connectivity index (χ4v) is 1.66. The predicted molar refractivity (Wildman–Crippen MR) is 51.7 cm³/mol. The first-order valence-corrected chi connectivity index (χ1v) is 4.81. The van der Waals surface area contributed by atoms with E-state index in [1.165, 1.54) is 11.3 Å². The summed E-state index contributed by atoms with van der Waals surface area (Å²) in [5, 5.41) is 10.2. The molecule has 1 aromatic rings. The minimum Gasteiger partial charge on any atom is -0.388 e. The van der Waals surface area contributed by atoms with E-state index in [1.54, 1.807) is 13.1 Å². The minimum atomic E-state index is -0.401. The Morgan fingerprint density at radius 3 is 2.83 bits per heavy atom. The Hall–Kier alpha value is -0.610. The van der Waals surface area contributed by atoms with Crippen molar-refractivity contribution in [1.82, 2.24) is 4.98 Å². The molecule has 1 heterocycles. The highest BCUT2D eigenvalue weighted by Crippen LogP contribution is 2.25. The lowest BCUT2D eigenvalue weighted by molar-refractivity contribution is 0.203. The van der Waals surface area contributed by atoms with Gasteiger partial charge in [0.2, 0.25) is 0 Å². The molecule has 0 aromatic carbocycles. The Balaban J connectivity index is 2.77. The molecule has 68 valence electrons. The maximum atomic E-state index is 9.24. The fraction of sp³-hybridized carbons (Fsp3) is 0.625. The van der Waals surface area contributed by atoms with E-state index in [1.807, 2.05) is 7.05 Å². The van der Waals surface area contributed by atoms with E-state index in [9.17, 15) is 5.11 Å². The van der Waals surface area contributed by atoms with E-state index in [-0.39, 0.29) is 0 Å². The van der Waals surface area contributed by atoms with Crippen LogP contribution in [0.15, 0.2) is 6.20 Å². The number of nitrogens with zero attached hydrogens (tertiary/aromatic N) is 2. The van der Waals surface area contributed by atoms with Crippen LogP contribution in [0.25, 0.3) is 0 Å².